The van der Waals surface area contributed by atoms with Crippen molar-refractivity contribution in [2.45, 2.75) is 64.1 Å². The molecule has 2 N–H and O–H groups in total. The number of nitrogens with one attached hydrogen (secondary N) is 1. The molecular weight excluding hydrogens is 438 g/mol. The van der Waals surface area contributed by atoms with Gasteiger partial charge in [-0.15, -0.1) is 0 Å². The highest BCUT2D eigenvalue weighted by molar-refractivity contribution is 7.08. The summed E-state index contributed by atoms with van der Waals surface area (Å²) < 4.78 is 6.36. The van der Waals surface area contributed by atoms with Crippen molar-refractivity contribution in [1.82, 2.24) is 20.2 Å². The number of ether oxygens (including phenoxy) is 1. The number of carbonyl (C=O) groups is 1. The van der Waals surface area contributed by atoms with Gasteiger partial charge >= 0.3 is 0 Å². The molecule has 1 saturated carbocycles. The smallest absolute Gasteiger partial charge is 0.300 e. The molecule has 0 atom stereocenters. The minimum atomic E-state index is -0.833. The number of hydrogen-bond acceptors (Lipinski definition) is 7. The average molecular weight is 470 g/mol. The standard InChI is InChI=1S/C22H27N5OS.C2H4O2/c1-2-4-18(5-3-1)28-19-8-11-27(12-9-19)20-7-6-16(14-23-20)21-24-22(26-25-21)17-10-13-29-15-17;1-2(3)4/h6-7,10,13-15,18-19H,1-5,8-9,11-12H2,(H,24,25,26);1H3,(H,3,4). The minimum absolute atomic E-state index is 0.415. The fraction of sp³-hybridized carbons (Fsp3) is 0.500. The summed E-state index contributed by atoms with van der Waals surface area (Å²) in [5.74, 6) is 1.68. The molecule has 5 rings (SSSR count). The number of aromatic amines is 1. The van der Waals surface area contributed by atoms with Gasteiger partial charge in [0.05, 0.1) is 12.2 Å². The summed E-state index contributed by atoms with van der Waals surface area (Å²) in [6, 6.07) is 6.19. The Balaban J connectivity index is 0.000000601. The lowest BCUT2D eigenvalue weighted by molar-refractivity contribution is -0.134. The molecular formula is C24H31N5O3S. The third-order valence-corrected chi connectivity index (χ3v) is 6.67. The molecule has 1 aliphatic carbocycles. The first-order valence-electron chi connectivity index (χ1n) is 11.6. The molecule has 1 saturated heterocycles. The molecule has 0 bridgehead atoms. The molecule has 1 aliphatic heterocycles. The molecule has 8 nitrogen and oxygen atoms in total. The largest absolute Gasteiger partial charge is 0.481 e. The zero-order valence-electron chi connectivity index (χ0n) is 18.9. The van der Waals surface area contributed by atoms with Gasteiger partial charge in [0.2, 0.25) is 0 Å². The van der Waals surface area contributed by atoms with Crippen LogP contribution in [0.15, 0.2) is 35.2 Å². The lowest BCUT2D eigenvalue weighted by Gasteiger charge is -2.35. The number of anilines is 1. The molecule has 0 amide bonds. The molecule has 0 unspecified atom stereocenters. The van der Waals surface area contributed by atoms with Crippen molar-refractivity contribution in [2.24, 2.45) is 0 Å². The predicted molar refractivity (Wildman–Crippen MR) is 129 cm³/mol. The first-order valence-corrected chi connectivity index (χ1v) is 12.5. The van der Waals surface area contributed by atoms with Gasteiger partial charge in [-0.3, -0.25) is 9.89 Å². The number of piperidine rings is 1. The summed E-state index contributed by atoms with van der Waals surface area (Å²) in [7, 11) is 0. The average Bonchev–Trinajstić information content (AvgIpc) is 3.53. The van der Waals surface area contributed by atoms with Crippen LogP contribution in [0, 0.1) is 0 Å². The van der Waals surface area contributed by atoms with Crippen LogP contribution in [0.5, 0.6) is 0 Å². The van der Waals surface area contributed by atoms with Gasteiger partial charge in [-0.2, -0.15) is 16.4 Å². The summed E-state index contributed by atoms with van der Waals surface area (Å²) in [4.78, 5) is 20.7. The molecule has 0 spiro atoms. The van der Waals surface area contributed by atoms with Crippen LogP contribution < -0.4 is 4.90 Å². The minimum Gasteiger partial charge on any atom is -0.481 e. The van der Waals surface area contributed by atoms with Crippen LogP contribution in [0.3, 0.4) is 0 Å². The van der Waals surface area contributed by atoms with Crippen molar-refractivity contribution < 1.29 is 14.6 Å². The van der Waals surface area contributed by atoms with Gasteiger partial charge in [0, 0.05) is 42.7 Å². The highest BCUT2D eigenvalue weighted by Crippen LogP contribution is 2.27. The van der Waals surface area contributed by atoms with Crippen LogP contribution >= 0.6 is 11.3 Å². The lowest BCUT2D eigenvalue weighted by Crippen LogP contribution is -2.39. The summed E-state index contributed by atoms with van der Waals surface area (Å²) in [5.41, 5.74) is 2.00. The molecule has 2 aliphatic rings. The van der Waals surface area contributed by atoms with E-state index in [9.17, 15) is 0 Å². The van der Waals surface area contributed by atoms with E-state index in [-0.39, 0.29) is 0 Å². The molecule has 0 aromatic carbocycles. The lowest BCUT2D eigenvalue weighted by atomic mass is 9.97. The number of hydrogen-bond donors (Lipinski definition) is 2. The van der Waals surface area contributed by atoms with E-state index in [1.54, 1.807) is 11.3 Å². The van der Waals surface area contributed by atoms with E-state index in [4.69, 9.17) is 19.6 Å². The second-order valence-corrected chi connectivity index (χ2v) is 9.31. The van der Waals surface area contributed by atoms with E-state index in [1.807, 2.05) is 17.6 Å². The first-order chi connectivity index (χ1) is 16.1. The highest BCUT2D eigenvalue weighted by atomic mass is 32.1. The zero-order valence-corrected chi connectivity index (χ0v) is 19.8. The molecule has 3 aromatic heterocycles. The summed E-state index contributed by atoms with van der Waals surface area (Å²) in [6.45, 7) is 3.10. The van der Waals surface area contributed by atoms with Crippen molar-refractivity contribution in [3.63, 3.8) is 0 Å². The summed E-state index contributed by atoms with van der Waals surface area (Å²) in [6.07, 6.45) is 11.5. The van der Waals surface area contributed by atoms with Crippen molar-refractivity contribution in [3.05, 3.63) is 35.2 Å². The third kappa shape index (κ3) is 6.61. The predicted octanol–water partition coefficient (Wildman–Crippen LogP) is 5.00. The van der Waals surface area contributed by atoms with Gasteiger partial charge in [-0.1, -0.05) is 19.3 Å². The summed E-state index contributed by atoms with van der Waals surface area (Å²) >= 11 is 1.65. The molecule has 3 aromatic rings. The highest BCUT2D eigenvalue weighted by Gasteiger charge is 2.24. The van der Waals surface area contributed by atoms with E-state index in [0.717, 1.165) is 61.4 Å². The maximum atomic E-state index is 9.00. The first kappa shape index (κ1) is 23.4. The molecule has 9 heteroatoms. The number of H-pyrrole nitrogens is 1. The Labute approximate surface area is 198 Å². The van der Waals surface area contributed by atoms with Gasteiger partial charge in [0.25, 0.3) is 5.97 Å². The van der Waals surface area contributed by atoms with Gasteiger partial charge < -0.3 is 14.7 Å². The van der Waals surface area contributed by atoms with E-state index >= 15 is 0 Å². The van der Waals surface area contributed by atoms with Gasteiger partial charge in [0.15, 0.2) is 11.6 Å². The van der Waals surface area contributed by atoms with E-state index < -0.39 is 5.97 Å². The Hall–Kier alpha value is -2.78. The number of pyridine rings is 1. The maximum Gasteiger partial charge on any atom is 0.300 e. The van der Waals surface area contributed by atoms with Crippen LogP contribution in [0.1, 0.15) is 51.9 Å². The number of carboxylic acid groups (broad SMARTS) is 1. The van der Waals surface area contributed by atoms with E-state index in [2.05, 4.69) is 37.6 Å². The van der Waals surface area contributed by atoms with Crippen molar-refractivity contribution >= 4 is 23.1 Å². The molecule has 4 heterocycles. The SMILES string of the molecule is CC(=O)O.c1cc(-c2n[nH]c(-c3ccc(N4CCC(OC5CCCCC5)CC4)nc3)n2)cs1. The van der Waals surface area contributed by atoms with Crippen molar-refractivity contribution in [3.8, 4) is 22.8 Å². The molecule has 176 valence electrons. The number of carboxylic acids is 1. The van der Waals surface area contributed by atoms with Crippen LogP contribution in [0.2, 0.25) is 0 Å². The second kappa shape index (κ2) is 11.4. The molecule has 2 fully saturated rings. The number of aromatic nitrogens is 4. The summed E-state index contributed by atoms with van der Waals surface area (Å²) in [5, 5.41) is 18.9. The van der Waals surface area contributed by atoms with Crippen LogP contribution in [0.25, 0.3) is 22.8 Å². The van der Waals surface area contributed by atoms with Gasteiger partial charge in [-0.25, -0.2) is 9.97 Å². The van der Waals surface area contributed by atoms with Crippen LogP contribution in [-0.2, 0) is 9.53 Å². The molecule has 0 radical (unpaired) electrons. The fourth-order valence-corrected chi connectivity index (χ4v) is 4.95. The Morgan fingerprint density at radius 2 is 1.82 bits per heavy atom. The van der Waals surface area contributed by atoms with Crippen LogP contribution in [0.4, 0.5) is 5.82 Å². The quantitative estimate of drug-likeness (QED) is 0.541. The fourth-order valence-electron chi connectivity index (χ4n) is 4.32. The van der Waals surface area contributed by atoms with Gasteiger partial charge in [0.1, 0.15) is 5.82 Å². The van der Waals surface area contributed by atoms with Crippen molar-refractivity contribution in [2.75, 3.05) is 18.0 Å². The van der Waals surface area contributed by atoms with E-state index in [0.29, 0.717) is 12.2 Å². The number of rotatable bonds is 5. The van der Waals surface area contributed by atoms with Crippen LogP contribution in [-0.4, -0.2) is 56.5 Å². The molecule has 33 heavy (non-hydrogen) atoms. The van der Waals surface area contributed by atoms with Crippen molar-refractivity contribution in [1.29, 1.82) is 0 Å². The Morgan fingerprint density at radius 3 is 2.45 bits per heavy atom. The van der Waals surface area contributed by atoms with E-state index in [1.165, 1.54) is 32.1 Å². The Bertz CT molecular complexity index is 988. The number of aliphatic carboxylic acids is 1. The maximum absolute atomic E-state index is 9.00. The zero-order chi connectivity index (χ0) is 23.0. The Morgan fingerprint density at radius 1 is 1.09 bits per heavy atom. The monoisotopic (exact) mass is 469 g/mol. The third-order valence-electron chi connectivity index (χ3n) is 5.99. The normalized spacial score (nSPS) is 17.4. The van der Waals surface area contributed by atoms with Gasteiger partial charge in [-0.05, 0) is 49.3 Å². The topological polar surface area (TPSA) is 104 Å². The second-order valence-electron chi connectivity index (χ2n) is 8.53. The number of thiophene rings is 1. The Kier molecular flexibility index (Phi) is 8.06. The number of nitrogens with zero attached hydrogens (tertiary/aromatic N) is 4.